The van der Waals surface area contributed by atoms with Gasteiger partial charge >= 0.3 is 0 Å². The molecule has 1 atom stereocenters. The van der Waals surface area contributed by atoms with E-state index in [0.29, 0.717) is 5.56 Å². The first-order chi connectivity index (χ1) is 8.70. The van der Waals surface area contributed by atoms with E-state index in [1.54, 1.807) is 18.2 Å². The fraction of sp³-hybridized carbons (Fsp3) is 0.133. The summed E-state index contributed by atoms with van der Waals surface area (Å²) in [5.74, 6) is -0.247. The fourth-order valence-corrected chi connectivity index (χ4v) is 1.77. The third kappa shape index (κ3) is 2.67. The minimum absolute atomic E-state index is 0.0140. The molecule has 0 aliphatic heterocycles. The highest BCUT2D eigenvalue weighted by Crippen LogP contribution is 2.22. The van der Waals surface area contributed by atoms with Gasteiger partial charge in [0.25, 0.3) is 0 Å². The molecule has 2 aromatic rings. The molecule has 1 N–H and O–H groups in total. The number of nitriles is 1. The summed E-state index contributed by atoms with van der Waals surface area (Å²) in [6.45, 7) is 1.97. The van der Waals surface area contributed by atoms with Gasteiger partial charge < -0.3 is 5.32 Å². The standard InChI is InChI=1S/C15H13FN2/c1-11(12-6-8-14(16)9-7-12)18-15-5-3-2-4-13(15)10-17/h2-9,11,18H,1H3. The maximum absolute atomic E-state index is 12.8. The van der Waals surface area contributed by atoms with Crippen LogP contribution in [0, 0.1) is 17.1 Å². The predicted molar refractivity (Wildman–Crippen MR) is 69.6 cm³/mol. The van der Waals surface area contributed by atoms with E-state index in [2.05, 4.69) is 11.4 Å². The third-order valence-corrected chi connectivity index (χ3v) is 2.79. The van der Waals surface area contributed by atoms with Gasteiger partial charge in [0.2, 0.25) is 0 Å². The average molecular weight is 240 g/mol. The summed E-state index contributed by atoms with van der Waals surface area (Å²) >= 11 is 0. The van der Waals surface area contributed by atoms with Crippen molar-refractivity contribution in [3.8, 4) is 6.07 Å². The highest BCUT2D eigenvalue weighted by Gasteiger charge is 2.07. The average Bonchev–Trinajstić information content (AvgIpc) is 2.40. The molecule has 0 aromatic heterocycles. The molecule has 2 rings (SSSR count). The van der Waals surface area contributed by atoms with Crippen LogP contribution < -0.4 is 5.32 Å². The van der Waals surface area contributed by atoms with Gasteiger partial charge in [-0.3, -0.25) is 0 Å². The Bertz CT molecular complexity index is 570. The minimum atomic E-state index is -0.247. The van der Waals surface area contributed by atoms with E-state index in [1.165, 1.54) is 12.1 Å². The van der Waals surface area contributed by atoms with E-state index in [9.17, 15) is 4.39 Å². The van der Waals surface area contributed by atoms with Crippen LogP contribution >= 0.6 is 0 Å². The first kappa shape index (κ1) is 12.1. The van der Waals surface area contributed by atoms with Gasteiger partial charge in [0.05, 0.1) is 11.3 Å². The zero-order valence-corrected chi connectivity index (χ0v) is 10.0. The number of nitrogens with one attached hydrogen (secondary N) is 1. The van der Waals surface area contributed by atoms with Crippen LogP contribution in [0.2, 0.25) is 0 Å². The van der Waals surface area contributed by atoms with Crippen LogP contribution in [0.4, 0.5) is 10.1 Å². The molecule has 0 amide bonds. The maximum atomic E-state index is 12.8. The summed E-state index contributed by atoms with van der Waals surface area (Å²) in [6, 6.07) is 15.8. The molecule has 2 nitrogen and oxygen atoms in total. The zero-order valence-electron chi connectivity index (χ0n) is 10.0. The van der Waals surface area contributed by atoms with Crippen LogP contribution in [-0.2, 0) is 0 Å². The smallest absolute Gasteiger partial charge is 0.123 e. The van der Waals surface area contributed by atoms with Crippen molar-refractivity contribution in [2.75, 3.05) is 5.32 Å². The first-order valence-electron chi connectivity index (χ1n) is 5.72. The lowest BCUT2D eigenvalue weighted by atomic mass is 10.1. The van der Waals surface area contributed by atoms with E-state index in [1.807, 2.05) is 25.1 Å². The van der Waals surface area contributed by atoms with Crippen molar-refractivity contribution in [1.82, 2.24) is 0 Å². The number of rotatable bonds is 3. The monoisotopic (exact) mass is 240 g/mol. The van der Waals surface area contributed by atoms with Gasteiger partial charge in [-0.25, -0.2) is 4.39 Å². The topological polar surface area (TPSA) is 35.8 Å². The summed E-state index contributed by atoms with van der Waals surface area (Å²) in [5.41, 5.74) is 2.37. The predicted octanol–water partition coefficient (Wildman–Crippen LogP) is 3.87. The number of para-hydroxylation sites is 1. The maximum Gasteiger partial charge on any atom is 0.123 e. The molecular weight excluding hydrogens is 227 g/mol. The lowest BCUT2D eigenvalue weighted by molar-refractivity contribution is 0.626. The normalized spacial score (nSPS) is 11.6. The largest absolute Gasteiger partial charge is 0.377 e. The van der Waals surface area contributed by atoms with Gasteiger partial charge in [-0.2, -0.15) is 5.26 Å². The second kappa shape index (κ2) is 5.33. The van der Waals surface area contributed by atoms with Crippen molar-refractivity contribution in [2.45, 2.75) is 13.0 Å². The summed E-state index contributed by atoms with van der Waals surface area (Å²) < 4.78 is 12.8. The SMILES string of the molecule is CC(Nc1ccccc1C#N)c1ccc(F)cc1. The molecule has 3 heteroatoms. The minimum Gasteiger partial charge on any atom is -0.377 e. The molecule has 0 aliphatic rings. The van der Waals surface area contributed by atoms with Crippen LogP contribution in [0.3, 0.4) is 0 Å². The van der Waals surface area contributed by atoms with Gasteiger partial charge in [0.1, 0.15) is 11.9 Å². The molecule has 0 spiro atoms. The van der Waals surface area contributed by atoms with E-state index in [0.717, 1.165) is 11.3 Å². The molecule has 0 fully saturated rings. The van der Waals surface area contributed by atoms with Crippen LogP contribution in [0.5, 0.6) is 0 Å². The van der Waals surface area contributed by atoms with Crippen LogP contribution in [0.25, 0.3) is 0 Å². The Balaban J connectivity index is 2.19. The molecule has 1 unspecified atom stereocenters. The summed E-state index contributed by atoms with van der Waals surface area (Å²) in [4.78, 5) is 0. The van der Waals surface area contributed by atoms with Gasteiger partial charge in [-0.05, 0) is 36.8 Å². The summed E-state index contributed by atoms with van der Waals surface area (Å²) in [7, 11) is 0. The number of benzene rings is 2. The quantitative estimate of drug-likeness (QED) is 0.884. The number of hydrogen-bond donors (Lipinski definition) is 1. The van der Waals surface area contributed by atoms with Gasteiger partial charge in [0, 0.05) is 6.04 Å². The molecule has 2 aromatic carbocycles. The highest BCUT2D eigenvalue weighted by molar-refractivity contribution is 5.58. The van der Waals surface area contributed by atoms with Crippen LogP contribution in [-0.4, -0.2) is 0 Å². The van der Waals surface area contributed by atoms with Crippen molar-refractivity contribution in [3.63, 3.8) is 0 Å². The Morgan fingerprint density at radius 2 is 1.78 bits per heavy atom. The lowest BCUT2D eigenvalue weighted by Crippen LogP contribution is -2.07. The van der Waals surface area contributed by atoms with E-state index < -0.39 is 0 Å². The Kier molecular flexibility index (Phi) is 3.59. The molecular formula is C15H13FN2. The number of halogens is 1. The molecule has 0 saturated heterocycles. The molecule has 0 bridgehead atoms. The summed E-state index contributed by atoms with van der Waals surface area (Å²) in [5, 5.41) is 12.3. The first-order valence-corrected chi connectivity index (χ1v) is 5.72. The number of hydrogen-bond acceptors (Lipinski definition) is 2. The number of nitrogens with zero attached hydrogens (tertiary/aromatic N) is 1. The van der Waals surface area contributed by atoms with Gasteiger partial charge in [0.15, 0.2) is 0 Å². The fourth-order valence-electron chi connectivity index (χ4n) is 1.77. The van der Waals surface area contributed by atoms with Crippen LogP contribution in [0.15, 0.2) is 48.5 Å². The van der Waals surface area contributed by atoms with Gasteiger partial charge in [-0.15, -0.1) is 0 Å². The summed E-state index contributed by atoms with van der Waals surface area (Å²) in [6.07, 6.45) is 0. The molecule has 90 valence electrons. The Hall–Kier alpha value is -2.34. The van der Waals surface area contributed by atoms with Crippen molar-refractivity contribution in [3.05, 3.63) is 65.5 Å². The molecule has 0 aliphatic carbocycles. The van der Waals surface area contributed by atoms with Crippen molar-refractivity contribution >= 4 is 5.69 Å². The van der Waals surface area contributed by atoms with Crippen molar-refractivity contribution in [1.29, 1.82) is 5.26 Å². The second-order valence-corrected chi connectivity index (χ2v) is 4.07. The Morgan fingerprint density at radius 1 is 1.11 bits per heavy atom. The van der Waals surface area contributed by atoms with E-state index in [4.69, 9.17) is 5.26 Å². The molecule has 0 saturated carbocycles. The second-order valence-electron chi connectivity index (χ2n) is 4.07. The Labute approximate surface area is 106 Å². The van der Waals surface area contributed by atoms with Crippen molar-refractivity contribution < 1.29 is 4.39 Å². The van der Waals surface area contributed by atoms with E-state index in [-0.39, 0.29) is 11.9 Å². The Morgan fingerprint density at radius 3 is 2.44 bits per heavy atom. The van der Waals surface area contributed by atoms with Crippen molar-refractivity contribution in [2.24, 2.45) is 0 Å². The van der Waals surface area contributed by atoms with Crippen LogP contribution in [0.1, 0.15) is 24.1 Å². The lowest BCUT2D eigenvalue weighted by Gasteiger charge is -2.16. The zero-order chi connectivity index (χ0) is 13.0. The van der Waals surface area contributed by atoms with Gasteiger partial charge in [-0.1, -0.05) is 24.3 Å². The third-order valence-electron chi connectivity index (χ3n) is 2.79. The highest BCUT2D eigenvalue weighted by atomic mass is 19.1. The molecule has 0 heterocycles. The number of anilines is 1. The molecule has 18 heavy (non-hydrogen) atoms. The van der Waals surface area contributed by atoms with E-state index >= 15 is 0 Å². The molecule has 0 radical (unpaired) electrons.